The molecule has 0 saturated heterocycles. The zero-order chi connectivity index (χ0) is 28.1. The number of rotatable bonds is 10. The van der Waals surface area contributed by atoms with Gasteiger partial charge in [-0.2, -0.15) is 4.72 Å². The predicted molar refractivity (Wildman–Crippen MR) is 145 cm³/mol. The first-order valence-corrected chi connectivity index (χ1v) is 13.5. The van der Waals surface area contributed by atoms with E-state index in [-0.39, 0.29) is 23.3 Å². The van der Waals surface area contributed by atoms with Crippen LogP contribution in [-0.2, 0) is 26.2 Å². The van der Waals surface area contributed by atoms with Crippen LogP contribution < -0.4 is 14.2 Å². The zero-order valence-corrected chi connectivity index (χ0v) is 22.3. The van der Waals surface area contributed by atoms with Gasteiger partial charge in [-0.1, -0.05) is 36.4 Å². The van der Waals surface area contributed by atoms with Crippen LogP contribution in [0.15, 0.2) is 88.2 Å². The molecule has 3 aromatic carbocycles. The Balaban J connectivity index is 1.34. The van der Waals surface area contributed by atoms with Gasteiger partial charge in [0, 0.05) is 10.9 Å². The molecule has 0 bridgehead atoms. The van der Waals surface area contributed by atoms with Gasteiger partial charge in [0.1, 0.15) is 6.54 Å². The highest BCUT2D eigenvalue weighted by Crippen LogP contribution is 2.35. The number of nitrogens with one attached hydrogen (secondary N) is 1. The van der Waals surface area contributed by atoms with E-state index >= 15 is 0 Å². The summed E-state index contributed by atoms with van der Waals surface area (Å²) in [5.41, 5.74) is 2.78. The van der Waals surface area contributed by atoms with Crippen molar-refractivity contribution in [1.82, 2.24) is 19.9 Å². The van der Waals surface area contributed by atoms with Gasteiger partial charge in [0.05, 0.1) is 35.9 Å². The third-order valence-electron chi connectivity index (χ3n) is 5.91. The van der Waals surface area contributed by atoms with Crippen LogP contribution in [0.5, 0.6) is 11.5 Å². The molecule has 5 rings (SSSR count). The third kappa shape index (κ3) is 5.77. The maximum absolute atomic E-state index is 12.3. The molecule has 2 aromatic heterocycles. The average molecular weight is 561 g/mol. The van der Waals surface area contributed by atoms with E-state index in [1.54, 1.807) is 38.5 Å². The molecule has 0 radical (unpaired) electrons. The van der Waals surface area contributed by atoms with E-state index in [1.165, 1.54) is 12.1 Å². The molecule has 12 heteroatoms. The number of aromatic nitrogens is 3. The first kappa shape index (κ1) is 26.8. The minimum Gasteiger partial charge on any atom is -0.493 e. The molecule has 0 aliphatic rings. The molecule has 2 heterocycles. The van der Waals surface area contributed by atoms with Crippen LogP contribution in [-0.4, -0.2) is 50.3 Å². The second-order valence-corrected chi connectivity index (χ2v) is 10.2. The van der Waals surface area contributed by atoms with Gasteiger partial charge in [0.15, 0.2) is 18.1 Å². The predicted octanol–water partition coefficient (Wildman–Crippen LogP) is 3.99. The molecule has 0 unspecified atom stereocenters. The lowest BCUT2D eigenvalue weighted by atomic mass is 10.0. The molecule has 0 spiro atoms. The standard InChI is InChI=1S/C28H24N4O7S/c1-36-24-13-12-18(14-25(24)37-2)23-15-21(20-10-6-7-11-22(20)30-23)28-32-31-26(39-28)17-38-27(33)16-29-40(34,35)19-8-4-3-5-9-19/h3-15,29H,16-17H2,1-2H3. The van der Waals surface area contributed by atoms with Gasteiger partial charge in [-0.3, -0.25) is 4.79 Å². The highest BCUT2D eigenvalue weighted by Gasteiger charge is 2.19. The first-order valence-electron chi connectivity index (χ1n) is 12.0. The number of hydrogen-bond acceptors (Lipinski definition) is 10. The van der Waals surface area contributed by atoms with Crippen molar-refractivity contribution in [3.63, 3.8) is 0 Å². The minimum atomic E-state index is -3.85. The number of benzene rings is 3. The summed E-state index contributed by atoms with van der Waals surface area (Å²) in [5, 5.41) is 8.92. The Labute approximate surface area is 229 Å². The quantitative estimate of drug-likeness (QED) is 0.249. The fourth-order valence-corrected chi connectivity index (χ4v) is 4.94. The smallest absolute Gasteiger partial charge is 0.321 e. The Morgan fingerprint density at radius 1 is 0.900 bits per heavy atom. The maximum Gasteiger partial charge on any atom is 0.321 e. The SMILES string of the molecule is COc1ccc(-c2cc(-c3nnc(COC(=O)CNS(=O)(=O)c4ccccc4)o3)c3ccccc3n2)cc1OC. The zero-order valence-electron chi connectivity index (χ0n) is 21.5. The molecule has 0 aliphatic heterocycles. The molecule has 0 saturated carbocycles. The van der Waals surface area contributed by atoms with Crippen LogP contribution in [0.1, 0.15) is 5.89 Å². The van der Waals surface area contributed by atoms with E-state index in [2.05, 4.69) is 14.9 Å². The van der Waals surface area contributed by atoms with E-state index in [0.717, 1.165) is 10.9 Å². The number of pyridine rings is 1. The largest absolute Gasteiger partial charge is 0.493 e. The molecule has 11 nitrogen and oxygen atoms in total. The van der Waals surface area contributed by atoms with E-state index in [4.69, 9.17) is 23.6 Å². The molecule has 5 aromatic rings. The Bertz CT molecular complexity index is 1770. The van der Waals surface area contributed by atoms with Gasteiger partial charge in [-0.05, 0) is 42.5 Å². The highest BCUT2D eigenvalue weighted by molar-refractivity contribution is 7.89. The second kappa shape index (κ2) is 11.5. The number of carbonyl (C=O) groups excluding carboxylic acids is 1. The number of fused-ring (bicyclic) bond motifs is 1. The van der Waals surface area contributed by atoms with Crippen molar-refractivity contribution >= 4 is 26.9 Å². The van der Waals surface area contributed by atoms with E-state index in [1.807, 2.05) is 42.5 Å². The molecule has 1 N–H and O–H groups in total. The van der Waals surface area contributed by atoms with Gasteiger partial charge < -0.3 is 18.6 Å². The number of methoxy groups -OCH3 is 2. The lowest BCUT2D eigenvalue weighted by Crippen LogP contribution is -2.30. The summed E-state index contributed by atoms with van der Waals surface area (Å²) in [6.45, 7) is -0.883. The van der Waals surface area contributed by atoms with Gasteiger partial charge >= 0.3 is 5.97 Å². The fraction of sp³-hybridized carbons (Fsp3) is 0.143. The minimum absolute atomic E-state index is 0.0429. The van der Waals surface area contributed by atoms with Crippen LogP contribution in [0.25, 0.3) is 33.6 Å². The number of carbonyl (C=O) groups is 1. The molecule has 0 atom stereocenters. The molecular weight excluding hydrogens is 536 g/mol. The van der Waals surface area contributed by atoms with Gasteiger partial charge in [-0.15, -0.1) is 10.2 Å². The number of esters is 1. The van der Waals surface area contributed by atoms with Crippen molar-refractivity contribution in [2.24, 2.45) is 0 Å². The van der Waals surface area contributed by atoms with E-state index < -0.39 is 22.5 Å². The van der Waals surface area contributed by atoms with Gasteiger partial charge in [0.2, 0.25) is 15.9 Å². The van der Waals surface area contributed by atoms with Crippen LogP contribution in [0.2, 0.25) is 0 Å². The van der Waals surface area contributed by atoms with E-state index in [0.29, 0.717) is 28.3 Å². The van der Waals surface area contributed by atoms with E-state index in [9.17, 15) is 13.2 Å². The van der Waals surface area contributed by atoms with Crippen molar-refractivity contribution in [1.29, 1.82) is 0 Å². The number of sulfonamides is 1. The number of ether oxygens (including phenoxy) is 3. The van der Waals surface area contributed by atoms with Crippen LogP contribution >= 0.6 is 0 Å². The maximum atomic E-state index is 12.3. The van der Waals surface area contributed by atoms with Crippen molar-refractivity contribution < 1.29 is 31.8 Å². The van der Waals surface area contributed by atoms with Crippen molar-refractivity contribution in [2.45, 2.75) is 11.5 Å². The summed E-state index contributed by atoms with van der Waals surface area (Å²) in [6.07, 6.45) is 0. The van der Waals surface area contributed by atoms with Crippen LogP contribution in [0, 0.1) is 0 Å². The van der Waals surface area contributed by atoms with Gasteiger partial charge in [-0.25, -0.2) is 13.4 Å². The third-order valence-corrected chi connectivity index (χ3v) is 7.33. The highest BCUT2D eigenvalue weighted by atomic mass is 32.2. The topological polar surface area (TPSA) is 143 Å². The molecule has 204 valence electrons. The lowest BCUT2D eigenvalue weighted by molar-refractivity contribution is -0.144. The Kier molecular flexibility index (Phi) is 7.71. The summed E-state index contributed by atoms with van der Waals surface area (Å²) in [5.74, 6) is 0.601. The molecular formula is C28H24N4O7S. The fourth-order valence-electron chi connectivity index (χ4n) is 3.95. The summed E-state index contributed by atoms with van der Waals surface area (Å²) in [7, 11) is -0.721. The summed E-state index contributed by atoms with van der Waals surface area (Å²) in [6, 6.07) is 22.5. The average Bonchev–Trinajstić information content (AvgIpc) is 3.47. The summed E-state index contributed by atoms with van der Waals surface area (Å²) >= 11 is 0. The Morgan fingerprint density at radius 2 is 1.65 bits per heavy atom. The van der Waals surface area contributed by atoms with Crippen molar-refractivity contribution in [3.05, 3.63) is 84.8 Å². The molecule has 0 amide bonds. The van der Waals surface area contributed by atoms with Crippen molar-refractivity contribution in [2.75, 3.05) is 20.8 Å². The van der Waals surface area contributed by atoms with Gasteiger partial charge in [0.25, 0.3) is 5.89 Å². The Hall–Kier alpha value is -4.81. The van der Waals surface area contributed by atoms with Crippen LogP contribution in [0.3, 0.4) is 0 Å². The summed E-state index contributed by atoms with van der Waals surface area (Å²) in [4.78, 5) is 17.0. The van der Waals surface area contributed by atoms with Crippen molar-refractivity contribution in [3.8, 4) is 34.2 Å². The monoisotopic (exact) mass is 560 g/mol. The lowest BCUT2D eigenvalue weighted by Gasteiger charge is -2.11. The number of hydrogen-bond donors (Lipinski definition) is 1. The molecule has 0 fully saturated rings. The molecule has 0 aliphatic carbocycles. The Morgan fingerprint density at radius 3 is 2.42 bits per heavy atom. The number of nitrogens with zero attached hydrogens (tertiary/aromatic N) is 3. The second-order valence-electron chi connectivity index (χ2n) is 8.44. The van der Waals surface area contributed by atoms with Crippen LogP contribution in [0.4, 0.5) is 0 Å². The number of para-hydroxylation sites is 1. The summed E-state index contributed by atoms with van der Waals surface area (Å²) < 4.78 is 48.5. The first-order chi connectivity index (χ1) is 19.4. The molecule has 40 heavy (non-hydrogen) atoms. The normalized spacial score (nSPS) is 11.3.